The lowest BCUT2D eigenvalue weighted by Crippen LogP contribution is -2.41. The Hall–Kier alpha value is -0.850. The van der Waals surface area contributed by atoms with Crippen molar-refractivity contribution in [3.8, 4) is 0 Å². The number of anilines is 1. The monoisotopic (exact) mass is 281 g/mol. The van der Waals surface area contributed by atoms with Crippen LogP contribution in [0.3, 0.4) is 0 Å². The second-order valence-corrected chi connectivity index (χ2v) is 6.55. The number of aromatic nitrogens is 2. The topological polar surface area (TPSA) is 70.3 Å². The van der Waals surface area contributed by atoms with E-state index in [1.54, 1.807) is 17.8 Å². The van der Waals surface area contributed by atoms with Crippen LogP contribution in [0, 0.1) is 6.92 Å². The van der Waals surface area contributed by atoms with E-state index in [2.05, 4.69) is 9.97 Å². The van der Waals surface area contributed by atoms with Crippen molar-refractivity contribution in [1.29, 1.82) is 0 Å². The van der Waals surface area contributed by atoms with E-state index < -0.39 is 0 Å². The van der Waals surface area contributed by atoms with E-state index in [4.69, 9.17) is 15.2 Å². The van der Waals surface area contributed by atoms with Gasteiger partial charge >= 0.3 is 0 Å². The van der Waals surface area contributed by atoms with Gasteiger partial charge in [0.15, 0.2) is 5.16 Å². The molecule has 2 aliphatic heterocycles. The molecule has 6 heteroatoms. The molecule has 0 radical (unpaired) electrons. The Balaban J connectivity index is 1.69. The number of nitrogens with zero attached hydrogens (tertiary/aromatic N) is 2. The van der Waals surface area contributed by atoms with Gasteiger partial charge in [-0.05, 0) is 19.8 Å². The first-order chi connectivity index (χ1) is 9.15. The third-order valence-electron chi connectivity index (χ3n) is 3.64. The highest BCUT2D eigenvalue weighted by Crippen LogP contribution is 2.39. The maximum absolute atomic E-state index is 5.94. The number of hydrogen-bond acceptors (Lipinski definition) is 6. The number of hydrogen-bond donors (Lipinski definition) is 1. The van der Waals surface area contributed by atoms with Gasteiger partial charge in [0.1, 0.15) is 5.82 Å². The number of nitrogen functional groups attached to an aromatic ring is 1. The van der Waals surface area contributed by atoms with Crippen LogP contribution in [0.15, 0.2) is 11.2 Å². The number of rotatable bonds is 2. The Bertz CT molecular complexity index is 443. The van der Waals surface area contributed by atoms with Crippen LogP contribution in [0.4, 0.5) is 5.82 Å². The third-order valence-corrected chi connectivity index (χ3v) is 4.77. The first-order valence-corrected chi connectivity index (χ1v) is 7.53. The molecule has 1 aromatic rings. The lowest BCUT2D eigenvalue weighted by Gasteiger charge is -2.36. The zero-order valence-corrected chi connectivity index (χ0v) is 11.9. The number of aryl methyl sites for hydroxylation is 1. The fraction of sp³-hybridized carbons (Fsp3) is 0.692. The van der Waals surface area contributed by atoms with Gasteiger partial charge in [-0.25, -0.2) is 9.97 Å². The fourth-order valence-electron chi connectivity index (χ4n) is 2.71. The smallest absolute Gasteiger partial charge is 0.189 e. The minimum Gasteiger partial charge on any atom is -0.384 e. The molecule has 19 heavy (non-hydrogen) atoms. The summed E-state index contributed by atoms with van der Waals surface area (Å²) in [5, 5.41) is 1.26. The maximum Gasteiger partial charge on any atom is 0.189 e. The summed E-state index contributed by atoms with van der Waals surface area (Å²) < 4.78 is 11.4. The van der Waals surface area contributed by atoms with Crippen molar-refractivity contribution in [1.82, 2.24) is 9.97 Å². The van der Waals surface area contributed by atoms with E-state index in [0.717, 1.165) is 49.9 Å². The van der Waals surface area contributed by atoms with Gasteiger partial charge in [-0.2, -0.15) is 0 Å². The molecule has 0 bridgehead atoms. The van der Waals surface area contributed by atoms with Crippen molar-refractivity contribution in [2.45, 2.75) is 42.2 Å². The van der Waals surface area contributed by atoms with Crippen molar-refractivity contribution < 1.29 is 9.47 Å². The second kappa shape index (κ2) is 5.26. The van der Waals surface area contributed by atoms with Crippen molar-refractivity contribution >= 4 is 17.6 Å². The van der Waals surface area contributed by atoms with Crippen LogP contribution in [0.5, 0.6) is 0 Å². The van der Waals surface area contributed by atoms with Crippen molar-refractivity contribution in [2.24, 2.45) is 0 Å². The molecule has 2 N–H and O–H groups in total. The minimum atomic E-state index is -0.0642. The van der Waals surface area contributed by atoms with E-state index in [9.17, 15) is 0 Å². The van der Waals surface area contributed by atoms with Crippen LogP contribution < -0.4 is 5.73 Å². The zero-order chi connectivity index (χ0) is 13.3. The molecule has 0 saturated carbocycles. The van der Waals surface area contributed by atoms with Gasteiger partial charge in [0, 0.05) is 36.6 Å². The molecular formula is C13H19N3O2S. The summed E-state index contributed by atoms with van der Waals surface area (Å²) in [5.41, 5.74) is 6.62. The standard InChI is InChI=1S/C13H19N3O2S/c1-9-6-11(14)16-12(15-9)19-10-2-4-18-13(7-10)3-5-17-8-13/h6,10H,2-5,7-8H2,1H3,(H2,14,15,16). The molecule has 3 heterocycles. The molecule has 0 aliphatic carbocycles. The first kappa shape index (κ1) is 13.1. The lowest BCUT2D eigenvalue weighted by atomic mass is 9.93. The lowest BCUT2D eigenvalue weighted by molar-refractivity contribution is -0.0769. The van der Waals surface area contributed by atoms with Crippen molar-refractivity contribution in [2.75, 3.05) is 25.6 Å². The van der Waals surface area contributed by atoms with E-state index in [1.807, 2.05) is 6.92 Å². The number of nitrogens with two attached hydrogens (primary N) is 1. The molecule has 2 unspecified atom stereocenters. The highest BCUT2D eigenvalue weighted by atomic mass is 32.2. The van der Waals surface area contributed by atoms with Gasteiger partial charge < -0.3 is 15.2 Å². The first-order valence-electron chi connectivity index (χ1n) is 6.65. The van der Waals surface area contributed by atoms with Gasteiger partial charge in [0.05, 0.1) is 12.2 Å². The average molecular weight is 281 g/mol. The van der Waals surface area contributed by atoms with E-state index in [-0.39, 0.29) is 5.60 Å². The summed E-state index contributed by atoms with van der Waals surface area (Å²) in [4.78, 5) is 8.74. The highest BCUT2D eigenvalue weighted by molar-refractivity contribution is 7.99. The molecule has 0 aromatic carbocycles. The molecule has 3 rings (SSSR count). The summed E-state index contributed by atoms with van der Waals surface area (Å²) in [5.74, 6) is 0.543. The molecule has 2 fully saturated rings. The predicted molar refractivity (Wildman–Crippen MR) is 74.2 cm³/mol. The van der Waals surface area contributed by atoms with Crippen LogP contribution in [-0.2, 0) is 9.47 Å². The Morgan fingerprint density at radius 2 is 2.32 bits per heavy atom. The molecule has 5 nitrogen and oxygen atoms in total. The SMILES string of the molecule is Cc1cc(N)nc(SC2CCOC3(CCOC3)C2)n1. The zero-order valence-electron chi connectivity index (χ0n) is 11.1. The quantitative estimate of drug-likeness (QED) is 0.834. The normalized spacial score (nSPS) is 30.9. The molecule has 2 atom stereocenters. The van der Waals surface area contributed by atoms with E-state index >= 15 is 0 Å². The molecule has 1 spiro atoms. The van der Waals surface area contributed by atoms with Crippen LogP contribution in [0.25, 0.3) is 0 Å². The minimum absolute atomic E-state index is 0.0642. The molecular weight excluding hydrogens is 262 g/mol. The summed E-state index contributed by atoms with van der Waals surface area (Å²) in [6, 6.07) is 1.79. The second-order valence-electron chi connectivity index (χ2n) is 5.28. The Morgan fingerprint density at radius 1 is 1.42 bits per heavy atom. The average Bonchev–Trinajstić information content (AvgIpc) is 2.76. The van der Waals surface area contributed by atoms with Crippen molar-refractivity contribution in [3.05, 3.63) is 11.8 Å². The maximum atomic E-state index is 5.94. The van der Waals surface area contributed by atoms with Crippen LogP contribution in [-0.4, -0.2) is 40.6 Å². The van der Waals surface area contributed by atoms with Gasteiger partial charge in [-0.1, -0.05) is 11.8 Å². The summed E-state index contributed by atoms with van der Waals surface area (Å²) in [6.45, 7) is 4.27. The van der Waals surface area contributed by atoms with E-state index in [1.165, 1.54) is 0 Å². The molecule has 1 aromatic heterocycles. The summed E-state index contributed by atoms with van der Waals surface area (Å²) in [6.07, 6.45) is 3.04. The van der Waals surface area contributed by atoms with Crippen LogP contribution in [0.1, 0.15) is 25.0 Å². The van der Waals surface area contributed by atoms with Gasteiger partial charge in [0.25, 0.3) is 0 Å². The molecule has 2 saturated heterocycles. The molecule has 104 valence electrons. The van der Waals surface area contributed by atoms with Crippen LogP contribution in [0.2, 0.25) is 0 Å². The van der Waals surface area contributed by atoms with Gasteiger partial charge in [0.2, 0.25) is 0 Å². The summed E-state index contributed by atoms with van der Waals surface area (Å²) >= 11 is 1.72. The Morgan fingerprint density at radius 3 is 3.05 bits per heavy atom. The van der Waals surface area contributed by atoms with Gasteiger partial charge in [-0.15, -0.1) is 0 Å². The molecule has 0 amide bonds. The van der Waals surface area contributed by atoms with Gasteiger partial charge in [-0.3, -0.25) is 0 Å². The largest absolute Gasteiger partial charge is 0.384 e. The Labute approximate surface area is 117 Å². The fourth-order valence-corrected chi connectivity index (χ4v) is 3.97. The highest BCUT2D eigenvalue weighted by Gasteiger charge is 2.41. The Kier molecular flexibility index (Phi) is 3.64. The van der Waals surface area contributed by atoms with Crippen LogP contribution >= 0.6 is 11.8 Å². The van der Waals surface area contributed by atoms with E-state index in [0.29, 0.717) is 11.1 Å². The third kappa shape index (κ3) is 3.01. The molecule has 2 aliphatic rings. The van der Waals surface area contributed by atoms with Crippen molar-refractivity contribution in [3.63, 3.8) is 0 Å². The number of ether oxygens (including phenoxy) is 2. The predicted octanol–water partition coefficient (Wildman–Crippen LogP) is 1.80. The summed E-state index contributed by atoms with van der Waals surface area (Å²) in [7, 11) is 0. The number of thioether (sulfide) groups is 1.